The van der Waals surface area contributed by atoms with Crippen molar-refractivity contribution in [2.24, 2.45) is 5.73 Å². The van der Waals surface area contributed by atoms with Gasteiger partial charge in [-0.25, -0.2) is 4.98 Å². The van der Waals surface area contributed by atoms with Gasteiger partial charge in [-0.1, -0.05) is 12.1 Å². The van der Waals surface area contributed by atoms with E-state index in [2.05, 4.69) is 24.5 Å². The molecule has 2 aromatic rings. The molecule has 0 saturated carbocycles. The lowest BCUT2D eigenvalue weighted by molar-refractivity contribution is -0.143. The minimum Gasteiger partial charge on any atom is -0.364 e. The van der Waals surface area contributed by atoms with Crippen LogP contribution in [-0.2, 0) is 9.53 Å². The van der Waals surface area contributed by atoms with Gasteiger partial charge in [-0.15, -0.1) is 0 Å². The smallest absolute Gasteiger partial charge is 0.252 e. The van der Waals surface area contributed by atoms with E-state index in [1.165, 1.54) is 0 Å². The Kier molecular flexibility index (Phi) is 4.71. The summed E-state index contributed by atoms with van der Waals surface area (Å²) in [6.45, 7) is 5.60. The molecule has 2 aliphatic heterocycles. The number of fused-ring (bicyclic) bond motifs is 1. The lowest BCUT2D eigenvalue weighted by Crippen LogP contribution is -2.40. The standard InChI is InChI=1S/C20H28N4O2/c1-13(2)24-16-7-4-3-6-15(16)22-19(24)17-8-5-11-23(17)20(25)18-10-9-14(12-21)26-18/h3-4,6-7,13-14,17-18H,5,8-12,21H2,1-2H3/t14-,17?,18+/m1/s1. The number of likely N-dealkylation sites (tertiary alicyclic amines) is 1. The minimum atomic E-state index is -0.346. The first-order valence-electron chi connectivity index (χ1n) is 9.73. The molecule has 4 rings (SSSR count). The quantitative estimate of drug-likeness (QED) is 0.914. The van der Waals surface area contributed by atoms with Gasteiger partial charge in [0.15, 0.2) is 0 Å². The first-order valence-corrected chi connectivity index (χ1v) is 9.73. The molecule has 1 aromatic carbocycles. The van der Waals surface area contributed by atoms with Crippen molar-refractivity contribution in [2.45, 2.75) is 63.8 Å². The predicted octanol–water partition coefficient (Wildman–Crippen LogP) is 2.79. The summed E-state index contributed by atoms with van der Waals surface area (Å²) in [5.74, 6) is 1.10. The lowest BCUT2D eigenvalue weighted by Gasteiger charge is -2.28. The van der Waals surface area contributed by atoms with Crippen LogP contribution in [0.4, 0.5) is 0 Å². The Labute approximate surface area is 154 Å². The second-order valence-corrected chi connectivity index (χ2v) is 7.67. The van der Waals surface area contributed by atoms with Crippen LogP contribution < -0.4 is 5.73 Å². The van der Waals surface area contributed by atoms with Crippen LogP contribution in [0.5, 0.6) is 0 Å². The maximum atomic E-state index is 13.1. The van der Waals surface area contributed by atoms with E-state index in [0.717, 1.165) is 49.1 Å². The number of nitrogens with zero attached hydrogens (tertiary/aromatic N) is 3. The molecule has 3 heterocycles. The molecule has 140 valence electrons. The number of hydrogen-bond donors (Lipinski definition) is 1. The van der Waals surface area contributed by atoms with Gasteiger partial charge in [-0.05, 0) is 51.7 Å². The average Bonchev–Trinajstić information content (AvgIpc) is 3.36. The third kappa shape index (κ3) is 2.91. The third-order valence-corrected chi connectivity index (χ3v) is 5.62. The number of para-hydroxylation sites is 2. The number of aromatic nitrogens is 2. The van der Waals surface area contributed by atoms with Gasteiger partial charge in [-0.3, -0.25) is 4.79 Å². The largest absolute Gasteiger partial charge is 0.364 e. The topological polar surface area (TPSA) is 73.4 Å². The first kappa shape index (κ1) is 17.5. The van der Waals surface area contributed by atoms with Gasteiger partial charge in [0.1, 0.15) is 11.9 Å². The summed E-state index contributed by atoms with van der Waals surface area (Å²) in [6, 6.07) is 8.53. The highest BCUT2D eigenvalue weighted by Crippen LogP contribution is 2.36. The van der Waals surface area contributed by atoms with Crippen molar-refractivity contribution in [1.82, 2.24) is 14.5 Å². The zero-order chi connectivity index (χ0) is 18.3. The Bertz CT molecular complexity index is 800. The van der Waals surface area contributed by atoms with Crippen LogP contribution in [0.1, 0.15) is 57.4 Å². The monoisotopic (exact) mass is 356 g/mol. The van der Waals surface area contributed by atoms with Crippen molar-refractivity contribution >= 4 is 16.9 Å². The van der Waals surface area contributed by atoms with Gasteiger partial charge in [0.25, 0.3) is 5.91 Å². The number of rotatable bonds is 4. The van der Waals surface area contributed by atoms with Crippen LogP contribution in [0.15, 0.2) is 24.3 Å². The highest BCUT2D eigenvalue weighted by molar-refractivity contribution is 5.82. The molecule has 2 aliphatic rings. The Morgan fingerprint density at radius 3 is 2.85 bits per heavy atom. The molecule has 6 nitrogen and oxygen atoms in total. The van der Waals surface area contributed by atoms with Gasteiger partial charge < -0.3 is 19.9 Å². The molecule has 1 aromatic heterocycles. The first-order chi connectivity index (χ1) is 12.6. The van der Waals surface area contributed by atoms with Gasteiger partial charge in [0.05, 0.1) is 23.2 Å². The van der Waals surface area contributed by atoms with Crippen LogP contribution >= 0.6 is 0 Å². The van der Waals surface area contributed by atoms with E-state index in [4.69, 9.17) is 15.5 Å². The summed E-state index contributed by atoms with van der Waals surface area (Å²) >= 11 is 0. The van der Waals surface area contributed by atoms with Gasteiger partial charge >= 0.3 is 0 Å². The molecule has 26 heavy (non-hydrogen) atoms. The van der Waals surface area contributed by atoms with Gasteiger partial charge in [0.2, 0.25) is 0 Å². The van der Waals surface area contributed by atoms with Crippen LogP contribution in [0.3, 0.4) is 0 Å². The normalized spacial score (nSPS) is 26.3. The summed E-state index contributed by atoms with van der Waals surface area (Å²) < 4.78 is 8.14. The number of benzene rings is 1. The molecule has 3 atom stereocenters. The van der Waals surface area contributed by atoms with Crippen molar-refractivity contribution in [1.29, 1.82) is 0 Å². The molecule has 2 N–H and O–H groups in total. The van der Waals surface area contributed by atoms with E-state index in [1.54, 1.807) is 0 Å². The lowest BCUT2D eigenvalue weighted by atomic mass is 10.1. The molecule has 1 unspecified atom stereocenters. The van der Waals surface area contributed by atoms with Crippen LogP contribution in [0.2, 0.25) is 0 Å². The van der Waals surface area contributed by atoms with Crippen molar-refractivity contribution in [3.8, 4) is 0 Å². The second-order valence-electron chi connectivity index (χ2n) is 7.67. The molecule has 2 saturated heterocycles. The van der Waals surface area contributed by atoms with Crippen molar-refractivity contribution in [2.75, 3.05) is 13.1 Å². The Morgan fingerprint density at radius 2 is 2.12 bits per heavy atom. The Morgan fingerprint density at radius 1 is 1.31 bits per heavy atom. The maximum absolute atomic E-state index is 13.1. The fourth-order valence-corrected chi connectivity index (χ4v) is 4.39. The molecule has 0 bridgehead atoms. The molecule has 1 amide bonds. The summed E-state index contributed by atoms with van der Waals surface area (Å²) in [5.41, 5.74) is 7.83. The molecule has 0 spiro atoms. The number of amides is 1. The number of imidazole rings is 1. The number of nitrogens with two attached hydrogens (primary N) is 1. The molecule has 0 aliphatic carbocycles. The van der Waals surface area contributed by atoms with Crippen LogP contribution in [0.25, 0.3) is 11.0 Å². The van der Waals surface area contributed by atoms with E-state index >= 15 is 0 Å². The van der Waals surface area contributed by atoms with Gasteiger partial charge in [-0.2, -0.15) is 0 Å². The second kappa shape index (κ2) is 7.00. The molecule has 2 fully saturated rings. The predicted molar refractivity (Wildman–Crippen MR) is 101 cm³/mol. The van der Waals surface area contributed by atoms with Gasteiger partial charge in [0, 0.05) is 19.1 Å². The zero-order valence-electron chi connectivity index (χ0n) is 15.6. The molecule has 0 radical (unpaired) electrons. The van der Waals surface area contributed by atoms with Crippen molar-refractivity contribution in [3.05, 3.63) is 30.1 Å². The fourth-order valence-electron chi connectivity index (χ4n) is 4.39. The highest BCUT2D eigenvalue weighted by Gasteiger charge is 2.40. The molecule has 6 heteroatoms. The summed E-state index contributed by atoms with van der Waals surface area (Å²) in [4.78, 5) is 20.0. The number of hydrogen-bond acceptors (Lipinski definition) is 4. The Hall–Kier alpha value is -1.92. The fraction of sp³-hybridized carbons (Fsp3) is 0.600. The number of carbonyl (C=O) groups is 1. The SMILES string of the molecule is CC(C)n1c(C2CCCN2C(=O)[C@@H]2CC[C@H](CN)O2)nc2ccccc21. The molecular weight excluding hydrogens is 328 g/mol. The van der Waals surface area contributed by atoms with Crippen LogP contribution in [0, 0.1) is 0 Å². The van der Waals surface area contributed by atoms with E-state index in [9.17, 15) is 4.79 Å². The summed E-state index contributed by atoms with van der Waals surface area (Å²) in [5, 5.41) is 0. The van der Waals surface area contributed by atoms with Crippen molar-refractivity contribution < 1.29 is 9.53 Å². The summed E-state index contributed by atoms with van der Waals surface area (Å²) in [7, 11) is 0. The third-order valence-electron chi connectivity index (χ3n) is 5.62. The number of ether oxygens (including phenoxy) is 1. The minimum absolute atomic E-state index is 0.0187. The highest BCUT2D eigenvalue weighted by atomic mass is 16.5. The average molecular weight is 356 g/mol. The number of carbonyl (C=O) groups excluding carboxylic acids is 1. The van der Waals surface area contributed by atoms with E-state index < -0.39 is 0 Å². The summed E-state index contributed by atoms with van der Waals surface area (Å²) in [6.07, 6.45) is 3.27. The van der Waals surface area contributed by atoms with E-state index in [-0.39, 0.29) is 24.2 Å². The van der Waals surface area contributed by atoms with Crippen molar-refractivity contribution in [3.63, 3.8) is 0 Å². The van der Waals surface area contributed by atoms with Crippen LogP contribution in [-0.4, -0.2) is 45.7 Å². The van der Waals surface area contributed by atoms with E-state index in [0.29, 0.717) is 12.6 Å². The maximum Gasteiger partial charge on any atom is 0.252 e. The zero-order valence-corrected chi connectivity index (χ0v) is 15.6. The van der Waals surface area contributed by atoms with E-state index in [1.807, 2.05) is 23.1 Å². The molecular formula is C20H28N4O2. The Balaban J connectivity index is 1.66.